The summed E-state index contributed by atoms with van der Waals surface area (Å²) in [5.41, 5.74) is 10.1. The lowest BCUT2D eigenvalue weighted by molar-refractivity contribution is -0.0754. The molecule has 0 spiro atoms. The Balaban J connectivity index is 1.02. The van der Waals surface area contributed by atoms with Crippen molar-refractivity contribution in [2.45, 2.75) is 57.0 Å². The number of aromatic nitrogens is 1. The van der Waals surface area contributed by atoms with Crippen LogP contribution in [-0.2, 0) is 13.1 Å². The number of benzene rings is 1. The zero-order valence-electron chi connectivity index (χ0n) is 21.8. The summed E-state index contributed by atoms with van der Waals surface area (Å²) in [7, 11) is 0. The Kier molecular flexibility index (Phi) is 7.43. The molecule has 4 heterocycles. The number of nitrogens with two attached hydrogens (primary N) is 1. The number of piperidine rings is 2. The summed E-state index contributed by atoms with van der Waals surface area (Å²) in [6.45, 7) is 7.10. The number of nitrogens with zero attached hydrogens (tertiary/aromatic N) is 4. The molecule has 0 saturated carbocycles. The van der Waals surface area contributed by atoms with Gasteiger partial charge >= 0.3 is 0 Å². The minimum Gasteiger partial charge on any atom is -0.384 e. The maximum Gasteiger partial charge on any atom is 0.123 e. The van der Waals surface area contributed by atoms with Crippen molar-refractivity contribution >= 4 is 5.82 Å². The van der Waals surface area contributed by atoms with Crippen molar-refractivity contribution in [3.8, 4) is 0 Å². The molecule has 0 amide bonds. The molecular weight excluding hydrogens is 458 g/mol. The summed E-state index contributed by atoms with van der Waals surface area (Å²) in [5.74, 6) is 1.99. The molecule has 0 bridgehead atoms. The molecule has 1 aromatic carbocycles. The number of pyridine rings is 1. The quantitative estimate of drug-likeness (QED) is 0.648. The summed E-state index contributed by atoms with van der Waals surface area (Å²) < 4.78 is 0. The smallest absolute Gasteiger partial charge is 0.123 e. The highest BCUT2D eigenvalue weighted by Crippen LogP contribution is 2.38. The topological polar surface area (TPSA) is 68.9 Å². The van der Waals surface area contributed by atoms with Crippen LogP contribution < -0.4 is 5.73 Å². The number of hydrogen-bond donors (Lipinski definition) is 2. The van der Waals surface area contributed by atoms with Crippen LogP contribution in [0.2, 0.25) is 0 Å². The fourth-order valence-corrected chi connectivity index (χ4v) is 7.07. The highest BCUT2D eigenvalue weighted by molar-refractivity contribution is 5.38. The van der Waals surface area contributed by atoms with Gasteiger partial charge in [0.05, 0.1) is 0 Å². The molecule has 196 valence electrons. The number of nitrogen functional groups attached to an aromatic ring is 1. The van der Waals surface area contributed by atoms with E-state index in [0.717, 1.165) is 71.5 Å². The molecule has 1 aliphatic carbocycles. The Hall–Kier alpha value is -2.51. The first kappa shape index (κ1) is 24.8. The lowest BCUT2D eigenvalue weighted by Crippen LogP contribution is -2.51. The number of anilines is 1. The van der Waals surface area contributed by atoms with Gasteiger partial charge < -0.3 is 10.8 Å². The Morgan fingerprint density at radius 1 is 0.973 bits per heavy atom. The normalized spacial score (nSPS) is 26.9. The van der Waals surface area contributed by atoms with Crippen molar-refractivity contribution < 1.29 is 5.11 Å². The van der Waals surface area contributed by atoms with Gasteiger partial charge in [0.25, 0.3) is 0 Å². The molecule has 6 heteroatoms. The third-order valence-electron chi connectivity index (χ3n) is 9.18. The Bertz CT molecular complexity index is 1120. The van der Waals surface area contributed by atoms with E-state index in [1.807, 2.05) is 12.1 Å². The molecule has 1 aromatic heterocycles. The van der Waals surface area contributed by atoms with Crippen LogP contribution in [0.25, 0.3) is 0 Å². The second kappa shape index (κ2) is 11.1. The number of aliphatic hydroxyl groups excluding tert-OH is 1. The molecular formula is C31H41N5O. The largest absolute Gasteiger partial charge is 0.384 e. The minimum atomic E-state index is -0.319. The molecule has 2 aromatic rings. The van der Waals surface area contributed by atoms with E-state index in [0.29, 0.717) is 29.6 Å². The summed E-state index contributed by atoms with van der Waals surface area (Å²) >= 11 is 0. The van der Waals surface area contributed by atoms with E-state index in [-0.39, 0.29) is 6.23 Å². The second-order valence-electron chi connectivity index (χ2n) is 11.5. The van der Waals surface area contributed by atoms with Gasteiger partial charge in [-0.05, 0) is 67.6 Å². The van der Waals surface area contributed by atoms with Crippen molar-refractivity contribution in [2.24, 2.45) is 11.8 Å². The van der Waals surface area contributed by atoms with E-state index in [2.05, 4.69) is 68.3 Å². The molecule has 6 nitrogen and oxygen atoms in total. The SMILES string of the molecule is Nc1cc(CN2CCC(C(O)N3CCC(N4Cc5ccccc5C5C=CC=CC5C4)CC3)CC2)ccn1. The molecule has 2 fully saturated rings. The maximum atomic E-state index is 11.3. The second-order valence-corrected chi connectivity index (χ2v) is 11.5. The van der Waals surface area contributed by atoms with Crippen molar-refractivity contribution in [3.05, 3.63) is 83.6 Å². The Labute approximate surface area is 221 Å². The van der Waals surface area contributed by atoms with Gasteiger partial charge in [-0.3, -0.25) is 14.7 Å². The zero-order chi connectivity index (χ0) is 25.2. The molecule has 6 rings (SSSR count). The molecule has 3 N–H and O–H groups in total. The van der Waals surface area contributed by atoms with Gasteiger partial charge in [-0.1, -0.05) is 48.6 Å². The third kappa shape index (κ3) is 5.53. The Morgan fingerprint density at radius 2 is 1.76 bits per heavy atom. The average Bonchev–Trinajstić information content (AvgIpc) is 3.10. The van der Waals surface area contributed by atoms with E-state index in [9.17, 15) is 5.11 Å². The summed E-state index contributed by atoms with van der Waals surface area (Å²) in [5, 5.41) is 11.3. The number of rotatable bonds is 5. The third-order valence-corrected chi connectivity index (χ3v) is 9.18. The molecule has 0 radical (unpaired) electrons. The molecule has 3 atom stereocenters. The van der Waals surface area contributed by atoms with Crippen LogP contribution in [0.1, 0.15) is 48.3 Å². The van der Waals surface area contributed by atoms with Crippen LogP contribution in [0.4, 0.5) is 5.82 Å². The molecule has 37 heavy (non-hydrogen) atoms. The number of allylic oxidation sites excluding steroid dienone is 3. The lowest BCUT2D eigenvalue weighted by atomic mass is 9.82. The van der Waals surface area contributed by atoms with Crippen LogP contribution in [-0.4, -0.2) is 69.8 Å². The van der Waals surface area contributed by atoms with Gasteiger partial charge in [0.2, 0.25) is 0 Å². The van der Waals surface area contributed by atoms with Crippen LogP contribution in [0.15, 0.2) is 66.9 Å². The van der Waals surface area contributed by atoms with Gasteiger partial charge in [-0.15, -0.1) is 0 Å². The predicted octanol–water partition coefficient (Wildman–Crippen LogP) is 4.00. The predicted molar refractivity (Wildman–Crippen MR) is 149 cm³/mol. The van der Waals surface area contributed by atoms with Gasteiger partial charge in [-0.2, -0.15) is 0 Å². The summed E-state index contributed by atoms with van der Waals surface area (Å²) in [6.07, 6.45) is 15.1. The van der Waals surface area contributed by atoms with Crippen molar-refractivity contribution in [2.75, 3.05) is 38.5 Å². The fraction of sp³-hybridized carbons (Fsp3) is 0.516. The van der Waals surface area contributed by atoms with Crippen LogP contribution in [0.3, 0.4) is 0 Å². The van der Waals surface area contributed by atoms with E-state index in [1.165, 1.54) is 16.7 Å². The Morgan fingerprint density at radius 3 is 2.57 bits per heavy atom. The number of likely N-dealkylation sites (tertiary alicyclic amines) is 2. The van der Waals surface area contributed by atoms with Gasteiger partial charge in [-0.25, -0.2) is 4.98 Å². The first-order chi connectivity index (χ1) is 18.1. The van der Waals surface area contributed by atoms with Gasteiger partial charge in [0.1, 0.15) is 12.0 Å². The van der Waals surface area contributed by atoms with Crippen molar-refractivity contribution in [1.82, 2.24) is 19.7 Å². The molecule has 3 unspecified atom stereocenters. The standard InChI is InChI=1S/C31H41N5O/c32-30-19-23(9-14-33-30)20-34-15-10-24(11-16-34)31(37)35-17-12-27(13-18-35)36-21-25-5-1-3-7-28(25)29-8-4-2-6-26(29)22-36/h1-9,14,19,24-25,27-28,31,37H,10-13,15-18,20-22H2,(H2,32,33). The van der Waals surface area contributed by atoms with Crippen molar-refractivity contribution in [3.63, 3.8) is 0 Å². The summed E-state index contributed by atoms with van der Waals surface area (Å²) in [4.78, 5) is 11.7. The molecule has 2 saturated heterocycles. The van der Waals surface area contributed by atoms with E-state index >= 15 is 0 Å². The van der Waals surface area contributed by atoms with Crippen LogP contribution in [0, 0.1) is 11.8 Å². The zero-order valence-corrected chi connectivity index (χ0v) is 21.8. The first-order valence-electron chi connectivity index (χ1n) is 14.2. The van der Waals surface area contributed by atoms with Crippen molar-refractivity contribution in [1.29, 1.82) is 0 Å². The number of fused-ring (bicyclic) bond motifs is 3. The van der Waals surface area contributed by atoms with Crippen LogP contribution >= 0.6 is 0 Å². The summed E-state index contributed by atoms with van der Waals surface area (Å²) in [6, 6.07) is 13.6. The van der Waals surface area contributed by atoms with Crippen LogP contribution in [0.5, 0.6) is 0 Å². The van der Waals surface area contributed by atoms with E-state index in [4.69, 9.17) is 5.73 Å². The van der Waals surface area contributed by atoms with E-state index in [1.54, 1.807) is 6.20 Å². The lowest BCUT2D eigenvalue weighted by Gasteiger charge is -2.43. The van der Waals surface area contributed by atoms with E-state index < -0.39 is 0 Å². The fourth-order valence-electron chi connectivity index (χ4n) is 7.07. The monoisotopic (exact) mass is 499 g/mol. The molecule has 4 aliphatic rings. The maximum absolute atomic E-state index is 11.3. The van der Waals surface area contributed by atoms with Gasteiger partial charge in [0.15, 0.2) is 0 Å². The number of aliphatic hydroxyl groups is 1. The number of hydrogen-bond acceptors (Lipinski definition) is 6. The minimum absolute atomic E-state index is 0.319. The first-order valence-corrected chi connectivity index (χ1v) is 14.2. The highest BCUT2D eigenvalue weighted by Gasteiger charge is 2.36. The average molecular weight is 500 g/mol. The molecule has 3 aliphatic heterocycles. The highest BCUT2D eigenvalue weighted by atomic mass is 16.3. The van der Waals surface area contributed by atoms with Gasteiger partial charge in [0, 0.05) is 62.7 Å².